The molecule has 0 bridgehead atoms. The Morgan fingerprint density at radius 1 is 1.28 bits per heavy atom. The Bertz CT molecular complexity index is 356. The number of rotatable bonds is 8. The van der Waals surface area contributed by atoms with E-state index < -0.39 is 31.4 Å². The van der Waals surface area contributed by atoms with Crippen LogP contribution in [0.5, 0.6) is 0 Å². The Morgan fingerprint density at radius 2 is 1.83 bits per heavy atom. The largest absolute Gasteiger partial charge is 0.481 e. The molecule has 102 valence electrons. The van der Waals surface area contributed by atoms with Crippen molar-refractivity contribution in [2.45, 2.75) is 32.5 Å². The predicted molar refractivity (Wildman–Crippen MR) is 63.7 cm³/mol. The van der Waals surface area contributed by atoms with Gasteiger partial charge in [0.1, 0.15) is 5.92 Å². The Hall–Kier alpha value is -1.49. The zero-order valence-electron chi connectivity index (χ0n) is 10.3. The third-order valence-electron chi connectivity index (χ3n) is 2.30. The fourth-order valence-electron chi connectivity index (χ4n) is 1.33. The van der Waals surface area contributed by atoms with Crippen LogP contribution in [0.1, 0.15) is 26.7 Å². The molecule has 0 saturated heterocycles. The number of carbonyl (C=O) groups excluding carboxylic acids is 1. The second kappa shape index (κ2) is 7.76. The Balaban J connectivity index is 4.40. The van der Waals surface area contributed by atoms with Gasteiger partial charge >= 0.3 is 19.7 Å². The number of nitrogens with one attached hydrogen (secondary N) is 1. The quantitative estimate of drug-likeness (QED) is 0.566. The lowest BCUT2D eigenvalue weighted by molar-refractivity contribution is -0.142. The number of hydrogen-bond acceptors (Lipinski definition) is 4. The summed E-state index contributed by atoms with van der Waals surface area (Å²) in [6.07, 6.45) is -0.493. The lowest BCUT2D eigenvalue weighted by atomic mass is 10.1. The highest BCUT2D eigenvalue weighted by Crippen LogP contribution is 2.30. The van der Waals surface area contributed by atoms with Crippen LogP contribution in [0, 0.1) is 5.92 Å². The number of aliphatic carboxylic acids is 2. The molecule has 0 spiro atoms. The van der Waals surface area contributed by atoms with Crippen molar-refractivity contribution < 1.29 is 29.2 Å². The zero-order valence-corrected chi connectivity index (χ0v) is 11.1. The molecule has 3 N–H and O–H groups in total. The van der Waals surface area contributed by atoms with E-state index in [9.17, 15) is 18.9 Å². The van der Waals surface area contributed by atoms with Crippen molar-refractivity contribution >= 4 is 25.6 Å². The SMILES string of the molecule is CC(=O)NC(C)[P+](=O)CC(CCC(=O)O)C(=O)O. The summed E-state index contributed by atoms with van der Waals surface area (Å²) in [5.74, 6) is -4.20. The minimum absolute atomic E-state index is 0.0709. The van der Waals surface area contributed by atoms with Gasteiger partial charge in [-0.2, -0.15) is 0 Å². The van der Waals surface area contributed by atoms with E-state index in [1.54, 1.807) is 0 Å². The van der Waals surface area contributed by atoms with Crippen molar-refractivity contribution in [3.63, 3.8) is 0 Å². The summed E-state index contributed by atoms with van der Waals surface area (Å²) in [7, 11) is -1.93. The van der Waals surface area contributed by atoms with Gasteiger partial charge in [-0.15, -0.1) is 0 Å². The fraction of sp³-hybridized carbons (Fsp3) is 0.700. The van der Waals surface area contributed by atoms with Gasteiger partial charge in [-0.25, -0.2) is 0 Å². The molecule has 7 nitrogen and oxygen atoms in total. The first-order valence-electron chi connectivity index (χ1n) is 5.39. The van der Waals surface area contributed by atoms with Crippen LogP contribution in [-0.2, 0) is 18.9 Å². The molecule has 0 radical (unpaired) electrons. The molecule has 0 aromatic rings. The molecule has 1 amide bonds. The molecular formula is C10H17NO6P+. The molecule has 0 aromatic carbocycles. The van der Waals surface area contributed by atoms with Crippen LogP contribution < -0.4 is 5.32 Å². The second-order valence-electron chi connectivity index (χ2n) is 3.94. The molecule has 3 unspecified atom stereocenters. The van der Waals surface area contributed by atoms with Gasteiger partial charge in [0.2, 0.25) is 11.7 Å². The summed E-state index contributed by atoms with van der Waals surface area (Å²) in [4.78, 5) is 32.0. The number of carboxylic acids is 2. The highest BCUT2D eigenvalue weighted by atomic mass is 31.1. The summed E-state index contributed by atoms with van der Waals surface area (Å²) >= 11 is 0. The van der Waals surface area contributed by atoms with Gasteiger partial charge in [0.15, 0.2) is 6.16 Å². The molecule has 0 saturated carbocycles. The molecule has 8 heteroatoms. The Kier molecular flexibility index (Phi) is 7.12. The Labute approximate surface area is 105 Å². The third-order valence-corrected chi connectivity index (χ3v) is 4.09. The van der Waals surface area contributed by atoms with Crippen LogP contribution in [0.25, 0.3) is 0 Å². The van der Waals surface area contributed by atoms with Gasteiger partial charge in [0.05, 0.1) is 0 Å². The lowest BCUT2D eigenvalue weighted by Crippen LogP contribution is -2.29. The second-order valence-corrected chi connectivity index (χ2v) is 5.92. The maximum absolute atomic E-state index is 11.8. The Morgan fingerprint density at radius 3 is 2.22 bits per heavy atom. The van der Waals surface area contributed by atoms with Gasteiger partial charge in [-0.05, 0) is 6.42 Å². The summed E-state index contributed by atoms with van der Waals surface area (Å²) < 4.78 is 11.8. The monoisotopic (exact) mass is 278 g/mol. The van der Waals surface area contributed by atoms with Crippen LogP contribution >= 0.6 is 7.80 Å². The number of amides is 1. The molecule has 0 aromatic heterocycles. The lowest BCUT2D eigenvalue weighted by Gasteiger charge is -2.07. The van der Waals surface area contributed by atoms with Gasteiger partial charge in [0, 0.05) is 20.3 Å². The summed E-state index contributed by atoms with van der Waals surface area (Å²) in [6, 6.07) is 0. The fourth-order valence-corrected chi connectivity index (χ4v) is 2.75. The zero-order chi connectivity index (χ0) is 14.3. The molecule has 3 atom stereocenters. The minimum atomic E-state index is -1.93. The van der Waals surface area contributed by atoms with E-state index in [0.717, 1.165) is 0 Å². The summed E-state index contributed by atoms with van der Waals surface area (Å²) in [5.41, 5.74) is 0. The first-order valence-corrected chi connectivity index (χ1v) is 6.91. The van der Waals surface area contributed by atoms with Crippen molar-refractivity contribution in [2.75, 3.05) is 6.16 Å². The van der Waals surface area contributed by atoms with Crippen molar-refractivity contribution in [3.05, 3.63) is 0 Å². The van der Waals surface area contributed by atoms with Gasteiger partial charge < -0.3 is 15.5 Å². The van der Waals surface area contributed by atoms with E-state index in [0.29, 0.717) is 0 Å². The van der Waals surface area contributed by atoms with Crippen molar-refractivity contribution in [2.24, 2.45) is 5.92 Å². The molecule has 0 rings (SSSR count). The first-order chi connectivity index (χ1) is 8.23. The van der Waals surface area contributed by atoms with E-state index in [-0.39, 0.29) is 24.9 Å². The molecule has 0 aliphatic rings. The van der Waals surface area contributed by atoms with Crippen molar-refractivity contribution in [1.82, 2.24) is 5.32 Å². The highest BCUT2D eigenvalue weighted by Gasteiger charge is 2.33. The maximum atomic E-state index is 11.8. The average Bonchev–Trinajstić information content (AvgIpc) is 2.21. The van der Waals surface area contributed by atoms with Crippen LogP contribution in [-0.4, -0.2) is 40.0 Å². The van der Waals surface area contributed by atoms with Gasteiger partial charge in [-0.3, -0.25) is 14.4 Å². The van der Waals surface area contributed by atoms with Crippen molar-refractivity contribution in [1.29, 1.82) is 0 Å². The topological polar surface area (TPSA) is 121 Å². The van der Waals surface area contributed by atoms with E-state index in [1.165, 1.54) is 13.8 Å². The first kappa shape index (κ1) is 16.5. The minimum Gasteiger partial charge on any atom is -0.481 e. The standard InChI is InChI=1S/C10H16NO6P/c1-6(12)11-7(2)18(17)5-8(10(15)16)3-4-9(13)14/h7-8H,3-5H2,1-2H3,(H2-,11,12,13,14,15,16)/p+1. The van der Waals surface area contributed by atoms with Crippen LogP contribution in [0.15, 0.2) is 0 Å². The van der Waals surface area contributed by atoms with Gasteiger partial charge in [0.25, 0.3) is 0 Å². The molecule has 0 aliphatic carbocycles. The van der Waals surface area contributed by atoms with E-state index in [1.807, 2.05) is 0 Å². The highest BCUT2D eigenvalue weighted by molar-refractivity contribution is 7.45. The maximum Gasteiger partial charge on any atom is 0.363 e. The summed E-state index contributed by atoms with van der Waals surface area (Å²) in [6.45, 7) is 2.80. The number of carboxylic acid groups (broad SMARTS) is 2. The predicted octanol–water partition coefficient (Wildman–Crippen LogP) is 0.861. The van der Waals surface area contributed by atoms with Crippen LogP contribution in [0.4, 0.5) is 0 Å². The van der Waals surface area contributed by atoms with E-state index in [2.05, 4.69) is 5.32 Å². The van der Waals surface area contributed by atoms with Crippen LogP contribution in [0.3, 0.4) is 0 Å². The molecular weight excluding hydrogens is 261 g/mol. The number of carbonyl (C=O) groups is 3. The van der Waals surface area contributed by atoms with Gasteiger partial charge in [-0.1, -0.05) is 4.57 Å². The number of hydrogen-bond donors (Lipinski definition) is 3. The van der Waals surface area contributed by atoms with E-state index in [4.69, 9.17) is 10.2 Å². The third kappa shape index (κ3) is 6.96. The molecule has 0 aliphatic heterocycles. The molecule has 0 heterocycles. The van der Waals surface area contributed by atoms with Crippen LogP contribution in [0.2, 0.25) is 0 Å². The summed E-state index contributed by atoms with van der Waals surface area (Å²) in [5, 5.41) is 19.8. The van der Waals surface area contributed by atoms with Crippen molar-refractivity contribution in [3.8, 4) is 0 Å². The molecule has 0 fully saturated rings. The normalized spacial score (nSPS) is 14.4. The average molecular weight is 278 g/mol. The smallest absolute Gasteiger partial charge is 0.363 e. The molecule has 18 heavy (non-hydrogen) atoms. The van der Waals surface area contributed by atoms with E-state index >= 15 is 0 Å².